The normalized spacial score (nSPS) is 18.4. The molecule has 1 unspecified atom stereocenters. The Labute approximate surface area is 240 Å². The van der Waals surface area contributed by atoms with E-state index in [1.807, 2.05) is 66.5 Å². The molecule has 3 N–H and O–H groups in total. The van der Waals surface area contributed by atoms with Gasteiger partial charge in [-0.1, -0.05) is 85.3 Å². The highest BCUT2D eigenvalue weighted by Crippen LogP contribution is 2.44. The Bertz CT molecular complexity index is 1330. The second-order valence-electron chi connectivity index (χ2n) is 11.1. The maximum Gasteiger partial charge on any atom is 0.407 e. The van der Waals surface area contributed by atoms with E-state index in [4.69, 9.17) is 4.74 Å². The first-order valence-corrected chi connectivity index (χ1v) is 14.2. The Kier molecular flexibility index (Phi) is 8.99. The van der Waals surface area contributed by atoms with Gasteiger partial charge >= 0.3 is 12.1 Å². The van der Waals surface area contributed by atoms with E-state index in [9.17, 15) is 19.5 Å². The van der Waals surface area contributed by atoms with Gasteiger partial charge in [-0.15, -0.1) is 0 Å². The van der Waals surface area contributed by atoms with E-state index < -0.39 is 18.1 Å². The fourth-order valence-corrected chi connectivity index (χ4v) is 6.23. The minimum Gasteiger partial charge on any atom is -0.480 e. The zero-order chi connectivity index (χ0) is 28.8. The first-order chi connectivity index (χ1) is 19.9. The van der Waals surface area contributed by atoms with Crippen LogP contribution in [-0.4, -0.2) is 60.8 Å². The first kappa shape index (κ1) is 28.4. The summed E-state index contributed by atoms with van der Waals surface area (Å²) in [6.45, 7) is 1.30. The van der Waals surface area contributed by atoms with Crippen LogP contribution in [0.5, 0.6) is 0 Å². The quantitative estimate of drug-likeness (QED) is 0.318. The number of hydrogen-bond donors (Lipinski definition) is 3. The van der Waals surface area contributed by atoms with Crippen molar-refractivity contribution < 1.29 is 24.2 Å². The maximum absolute atomic E-state index is 13.2. The van der Waals surface area contributed by atoms with Crippen LogP contribution >= 0.6 is 0 Å². The average molecular weight is 556 g/mol. The molecule has 0 aromatic heterocycles. The number of rotatable bonds is 11. The summed E-state index contributed by atoms with van der Waals surface area (Å²) in [6, 6.07) is 25.1. The van der Waals surface area contributed by atoms with E-state index in [0.29, 0.717) is 19.5 Å². The van der Waals surface area contributed by atoms with Crippen molar-refractivity contribution in [3.63, 3.8) is 0 Å². The van der Waals surface area contributed by atoms with Gasteiger partial charge in [0.1, 0.15) is 12.6 Å². The molecule has 0 bridgehead atoms. The molecular formula is C33H37N3O5. The molecular weight excluding hydrogens is 518 g/mol. The lowest BCUT2D eigenvalue weighted by atomic mass is 9.94. The van der Waals surface area contributed by atoms with E-state index in [2.05, 4.69) is 34.9 Å². The van der Waals surface area contributed by atoms with Gasteiger partial charge < -0.3 is 20.5 Å². The number of carboxylic acid groups (broad SMARTS) is 1. The van der Waals surface area contributed by atoms with Gasteiger partial charge in [0.25, 0.3) is 0 Å². The van der Waals surface area contributed by atoms with Crippen molar-refractivity contribution >= 4 is 18.0 Å². The molecule has 41 heavy (non-hydrogen) atoms. The number of likely N-dealkylation sites (N-methyl/N-ethyl adjacent to an activating group) is 1. The third kappa shape index (κ3) is 6.77. The second-order valence-corrected chi connectivity index (χ2v) is 11.1. The van der Waals surface area contributed by atoms with Crippen LogP contribution in [-0.2, 0) is 20.9 Å². The Morgan fingerprint density at radius 3 is 2.22 bits per heavy atom. The summed E-state index contributed by atoms with van der Waals surface area (Å²) in [5, 5.41) is 15.4. The Hall–Kier alpha value is -4.17. The van der Waals surface area contributed by atoms with Gasteiger partial charge in [0, 0.05) is 31.5 Å². The summed E-state index contributed by atoms with van der Waals surface area (Å²) in [7, 11) is 1.84. The van der Waals surface area contributed by atoms with Crippen LogP contribution in [0.2, 0.25) is 0 Å². The number of aliphatic carboxylic acids is 1. The molecule has 5 rings (SSSR count). The first-order valence-electron chi connectivity index (χ1n) is 14.2. The van der Waals surface area contributed by atoms with E-state index in [-0.39, 0.29) is 36.8 Å². The van der Waals surface area contributed by atoms with Gasteiger partial charge in [-0.2, -0.15) is 0 Å². The Balaban J connectivity index is 1.11. The van der Waals surface area contributed by atoms with Crippen molar-refractivity contribution in [1.29, 1.82) is 0 Å². The molecule has 0 heterocycles. The summed E-state index contributed by atoms with van der Waals surface area (Å²) < 4.78 is 5.65. The molecule has 0 radical (unpaired) electrons. The molecule has 1 saturated carbocycles. The van der Waals surface area contributed by atoms with Gasteiger partial charge in [0.05, 0.1) is 0 Å². The third-order valence-electron chi connectivity index (χ3n) is 8.25. The minimum atomic E-state index is -1.07. The molecule has 0 saturated heterocycles. The number of amides is 2. The van der Waals surface area contributed by atoms with Crippen LogP contribution < -0.4 is 10.6 Å². The smallest absolute Gasteiger partial charge is 0.407 e. The van der Waals surface area contributed by atoms with Crippen molar-refractivity contribution in [2.75, 3.05) is 26.7 Å². The van der Waals surface area contributed by atoms with Crippen LogP contribution in [0.4, 0.5) is 4.79 Å². The molecule has 3 aromatic rings. The highest BCUT2D eigenvalue weighted by Gasteiger charge is 2.35. The topological polar surface area (TPSA) is 108 Å². The zero-order valence-electron chi connectivity index (χ0n) is 23.3. The van der Waals surface area contributed by atoms with Crippen molar-refractivity contribution in [2.45, 2.75) is 37.8 Å². The number of alkyl carbamates (subject to hydrolysis) is 1. The second kappa shape index (κ2) is 13.0. The molecule has 0 aliphatic heterocycles. The molecule has 8 nitrogen and oxygen atoms in total. The Morgan fingerprint density at radius 1 is 0.927 bits per heavy atom. The van der Waals surface area contributed by atoms with E-state index in [0.717, 1.165) is 29.5 Å². The van der Waals surface area contributed by atoms with E-state index in [1.165, 1.54) is 11.1 Å². The van der Waals surface area contributed by atoms with Crippen molar-refractivity contribution in [2.24, 2.45) is 11.8 Å². The van der Waals surface area contributed by atoms with Crippen molar-refractivity contribution in [3.8, 4) is 11.1 Å². The number of nitrogens with zero attached hydrogens (tertiary/aromatic N) is 1. The lowest BCUT2D eigenvalue weighted by Gasteiger charge is -2.25. The molecule has 1 fully saturated rings. The minimum absolute atomic E-state index is 0.0221. The summed E-state index contributed by atoms with van der Waals surface area (Å²) in [5.74, 6) is -1.80. The highest BCUT2D eigenvalue weighted by molar-refractivity contribution is 5.85. The molecule has 2 amide bonds. The number of nitrogens with one attached hydrogen (secondary N) is 2. The van der Waals surface area contributed by atoms with Crippen LogP contribution in [0, 0.1) is 11.8 Å². The van der Waals surface area contributed by atoms with Crippen LogP contribution in [0.1, 0.15) is 41.9 Å². The Morgan fingerprint density at radius 2 is 1.56 bits per heavy atom. The number of carbonyl (C=O) groups excluding carboxylic acids is 2. The fraction of sp³-hybridized carbons (Fsp3) is 0.364. The predicted octanol–water partition coefficient (Wildman–Crippen LogP) is 4.64. The SMILES string of the molecule is CN(Cc1ccccc1)CC(NC(=O)[C@H]1CCC[C@H]1CNC(=O)OCC1c2ccccc2-c2ccccc21)C(=O)O. The van der Waals surface area contributed by atoms with Crippen molar-refractivity contribution in [1.82, 2.24) is 15.5 Å². The van der Waals surface area contributed by atoms with Gasteiger partial charge in [-0.25, -0.2) is 9.59 Å². The molecule has 2 aliphatic carbocycles. The number of hydrogen-bond acceptors (Lipinski definition) is 5. The number of carbonyl (C=O) groups is 3. The monoisotopic (exact) mass is 555 g/mol. The standard InChI is InChI=1S/C33H37N3O5/c1-36(19-22-10-3-2-4-11-22)20-30(32(38)39)35-31(37)24-17-9-12-23(24)18-34-33(40)41-21-29-27-15-7-5-13-25(27)26-14-6-8-16-28(26)29/h2-8,10-11,13-16,23-24,29-30H,9,12,17-21H2,1H3,(H,34,40)(H,35,37)(H,38,39)/t23-,24-,30?/m0/s1. The largest absolute Gasteiger partial charge is 0.480 e. The zero-order valence-corrected chi connectivity index (χ0v) is 23.3. The lowest BCUT2D eigenvalue weighted by molar-refractivity contribution is -0.143. The lowest BCUT2D eigenvalue weighted by Crippen LogP contribution is -2.50. The van der Waals surface area contributed by atoms with Gasteiger partial charge in [-0.05, 0) is 53.6 Å². The van der Waals surface area contributed by atoms with Gasteiger partial charge in [0.2, 0.25) is 5.91 Å². The highest BCUT2D eigenvalue weighted by atomic mass is 16.5. The summed E-state index contributed by atoms with van der Waals surface area (Å²) in [4.78, 5) is 39.7. The molecule has 3 aromatic carbocycles. The number of carboxylic acids is 1. The third-order valence-corrected chi connectivity index (χ3v) is 8.25. The maximum atomic E-state index is 13.2. The molecule has 3 atom stereocenters. The number of ether oxygens (including phenoxy) is 1. The van der Waals surface area contributed by atoms with E-state index >= 15 is 0 Å². The summed E-state index contributed by atoms with van der Waals surface area (Å²) in [6.07, 6.45) is 1.78. The number of fused-ring (bicyclic) bond motifs is 3. The van der Waals surface area contributed by atoms with Crippen LogP contribution in [0.25, 0.3) is 11.1 Å². The predicted molar refractivity (Wildman–Crippen MR) is 156 cm³/mol. The fourth-order valence-electron chi connectivity index (χ4n) is 6.23. The van der Waals surface area contributed by atoms with Gasteiger partial charge in [0.15, 0.2) is 0 Å². The van der Waals surface area contributed by atoms with Gasteiger partial charge in [-0.3, -0.25) is 9.69 Å². The molecule has 214 valence electrons. The number of benzene rings is 3. The van der Waals surface area contributed by atoms with E-state index in [1.54, 1.807) is 0 Å². The molecule has 0 spiro atoms. The summed E-state index contributed by atoms with van der Waals surface area (Å²) >= 11 is 0. The van der Waals surface area contributed by atoms with Crippen LogP contribution in [0.3, 0.4) is 0 Å². The summed E-state index contributed by atoms with van der Waals surface area (Å²) in [5.41, 5.74) is 5.71. The average Bonchev–Trinajstić information content (AvgIpc) is 3.58. The van der Waals surface area contributed by atoms with Crippen LogP contribution in [0.15, 0.2) is 78.9 Å². The molecule has 8 heteroatoms. The van der Waals surface area contributed by atoms with Crippen molar-refractivity contribution in [3.05, 3.63) is 95.6 Å². The molecule has 2 aliphatic rings.